The van der Waals surface area contributed by atoms with E-state index < -0.39 is 0 Å². The van der Waals surface area contributed by atoms with Crippen LogP contribution in [-0.4, -0.2) is 25.0 Å². The molecule has 5 nitrogen and oxygen atoms in total. The molecule has 0 aliphatic heterocycles. The number of aryl methyl sites for hydroxylation is 1. The number of carbonyl (C=O) groups is 2. The van der Waals surface area contributed by atoms with Crippen molar-refractivity contribution in [3.8, 4) is 0 Å². The third kappa shape index (κ3) is 5.09. The van der Waals surface area contributed by atoms with Gasteiger partial charge in [-0.05, 0) is 30.9 Å². The van der Waals surface area contributed by atoms with Crippen molar-refractivity contribution in [2.45, 2.75) is 38.1 Å². The van der Waals surface area contributed by atoms with E-state index in [0.29, 0.717) is 13.1 Å². The number of amides is 3. The first-order valence-corrected chi connectivity index (χ1v) is 9.47. The molecule has 0 spiro atoms. The molecule has 2 aromatic carbocycles. The minimum absolute atomic E-state index is 0.0232. The van der Waals surface area contributed by atoms with Gasteiger partial charge in [-0.25, -0.2) is 4.79 Å². The van der Waals surface area contributed by atoms with Crippen LogP contribution in [0.1, 0.15) is 36.0 Å². The number of nitrogens with one attached hydrogen (secondary N) is 3. The zero-order chi connectivity index (χ0) is 19.1. The van der Waals surface area contributed by atoms with Crippen molar-refractivity contribution >= 4 is 11.9 Å². The van der Waals surface area contributed by atoms with Gasteiger partial charge in [0.2, 0.25) is 5.91 Å². The van der Waals surface area contributed by atoms with Gasteiger partial charge in [-0.15, -0.1) is 0 Å². The van der Waals surface area contributed by atoms with Gasteiger partial charge in [-0.2, -0.15) is 0 Å². The van der Waals surface area contributed by atoms with Crippen LogP contribution in [0.3, 0.4) is 0 Å². The molecule has 1 saturated carbocycles. The Hall–Kier alpha value is -2.82. The Morgan fingerprint density at radius 2 is 1.63 bits per heavy atom. The SMILES string of the molecule is Cc1ccc(CNC(=O)NCC(=O)NCC2(c3ccccc3)CCC2)cc1. The van der Waals surface area contributed by atoms with Gasteiger partial charge in [-0.1, -0.05) is 66.6 Å². The molecule has 5 heteroatoms. The summed E-state index contributed by atoms with van der Waals surface area (Å²) in [5.74, 6) is -0.164. The summed E-state index contributed by atoms with van der Waals surface area (Å²) in [6.45, 7) is 3.05. The second kappa shape index (κ2) is 8.71. The van der Waals surface area contributed by atoms with Crippen LogP contribution >= 0.6 is 0 Å². The highest BCUT2D eigenvalue weighted by Crippen LogP contribution is 2.43. The van der Waals surface area contributed by atoms with Gasteiger partial charge < -0.3 is 16.0 Å². The Bertz CT molecular complexity index is 768. The molecule has 0 saturated heterocycles. The summed E-state index contributed by atoms with van der Waals surface area (Å²) in [5.41, 5.74) is 3.53. The molecule has 2 aromatic rings. The lowest BCUT2D eigenvalue weighted by atomic mass is 9.64. The van der Waals surface area contributed by atoms with Gasteiger partial charge in [-0.3, -0.25) is 4.79 Å². The summed E-state index contributed by atoms with van der Waals surface area (Å²) >= 11 is 0. The summed E-state index contributed by atoms with van der Waals surface area (Å²) in [6.07, 6.45) is 3.36. The van der Waals surface area contributed by atoms with E-state index in [1.54, 1.807) is 0 Å². The van der Waals surface area contributed by atoms with Crippen molar-refractivity contribution in [1.29, 1.82) is 0 Å². The molecule has 27 heavy (non-hydrogen) atoms. The summed E-state index contributed by atoms with van der Waals surface area (Å²) in [6, 6.07) is 18.0. The number of carbonyl (C=O) groups excluding carboxylic acids is 2. The normalized spacial score (nSPS) is 14.7. The van der Waals surface area contributed by atoms with E-state index in [2.05, 4.69) is 28.1 Å². The smallest absolute Gasteiger partial charge is 0.315 e. The first kappa shape index (κ1) is 19.0. The number of urea groups is 1. The predicted molar refractivity (Wildman–Crippen MR) is 106 cm³/mol. The summed E-state index contributed by atoms with van der Waals surface area (Å²) in [7, 11) is 0. The first-order chi connectivity index (χ1) is 13.1. The lowest BCUT2D eigenvalue weighted by Gasteiger charge is -2.42. The third-order valence-corrected chi connectivity index (χ3v) is 5.30. The average Bonchev–Trinajstić information content (AvgIpc) is 2.66. The van der Waals surface area contributed by atoms with Crippen LogP contribution in [0.2, 0.25) is 0 Å². The van der Waals surface area contributed by atoms with Crippen LogP contribution < -0.4 is 16.0 Å². The molecular weight excluding hydrogens is 338 g/mol. The molecule has 3 amide bonds. The highest BCUT2D eigenvalue weighted by atomic mass is 16.2. The van der Waals surface area contributed by atoms with Crippen LogP contribution in [0, 0.1) is 6.92 Å². The van der Waals surface area contributed by atoms with E-state index in [1.807, 2.05) is 49.4 Å². The molecule has 0 radical (unpaired) electrons. The third-order valence-electron chi connectivity index (χ3n) is 5.30. The Morgan fingerprint density at radius 1 is 0.926 bits per heavy atom. The molecule has 0 heterocycles. The van der Waals surface area contributed by atoms with Crippen LogP contribution in [0.25, 0.3) is 0 Å². The molecule has 0 aromatic heterocycles. The van der Waals surface area contributed by atoms with E-state index in [0.717, 1.165) is 18.4 Å². The zero-order valence-corrected chi connectivity index (χ0v) is 15.8. The molecule has 3 rings (SSSR count). The van der Waals surface area contributed by atoms with Gasteiger partial charge in [0.25, 0.3) is 0 Å². The van der Waals surface area contributed by atoms with Gasteiger partial charge in [0.05, 0.1) is 6.54 Å². The Labute approximate surface area is 160 Å². The Kier molecular flexibility index (Phi) is 6.12. The maximum atomic E-state index is 12.1. The van der Waals surface area contributed by atoms with Gasteiger partial charge in [0.1, 0.15) is 0 Å². The lowest BCUT2D eigenvalue weighted by Crippen LogP contribution is -2.48. The van der Waals surface area contributed by atoms with Gasteiger partial charge in [0.15, 0.2) is 0 Å². The molecular formula is C22H27N3O2. The topological polar surface area (TPSA) is 70.2 Å². The molecule has 0 unspecified atom stereocenters. The number of hydrogen-bond acceptors (Lipinski definition) is 2. The maximum Gasteiger partial charge on any atom is 0.315 e. The highest BCUT2D eigenvalue weighted by Gasteiger charge is 2.38. The molecule has 142 valence electrons. The molecule has 1 aliphatic rings. The molecule has 3 N–H and O–H groups in total. The maximum absolute atomic E-state index is 12.1. The molecule has 0 atom stereocenters. The van der Waals surface area contributed by atoms with Gasteiger partial charge in [0, 0.05) is 18.5 Å². The van der Waals surface area contributed by atoms with E-state index in [4.69, 9.17) is 0 Å². The fraction of sp³-hybridized carbons (Fsp3) is 0.364. The van der Waals surface area contributed by atoms with Gasteiger partial charge >= 0.3 is 6.03 Å². The highest BCUT2D eigenvalue weighted by molar-refractivity contribution is 5.83. The van der Waals surface area contributed by atoms with Crippen LogP contribution in [0.5, 0.6) is 0 Å². The first-order valence-electron chi connectivity index (χ1n) is 9.47. The zero-order valence-electron chi connectivity index (χ0n) is 15.8. The summed E-state index contributed by atoms with van der Waals surface area (Å²) < 4.78 is 0. The number of hydrogen-bond donors (Lipinski definition) is 3. The minimum atomic E-state index is -0.341. The van der Waals surface area contributed by atoms with Crippen molar-refractivity contribution in [3.63, 3.8) is 0 Å². The monoisotopic (exact) mass is 365 g/mol. The van der Waals surface area contributed by atoms with Crippen molar-refractivity contribution in [2.75, 3.05) is 13.1 Å². The second-order valence-corrected chi connectivity index (χ2v) is 7.30. The average molecular weight is 365 g/mol. The van der Waals surface area contributed by atoms with Crippen molar-refractivity contribution in [2.24, 2.45) is 0 Å². The Morgan fingerprint density at radius 3 is 2.26 bits per heavy atom. The van der Waals surface area contributed by atoms with Crippen LogP contribution in [0.15, 0.2) is 54.6 Å². The minimum Gasteiger partial charge on any atom is -0.354 e. The van der Waals surface area contributed by atoms with E-state index >= 15 is 0 Å². The number of benzene rings is 2. The number of rotatable bonds is 7. The fourth-order valence-electron chi connectivity index (χ4n) is 3.40. The largest absolute Gasteiger partial charge is 0.354 e. The molecule has 1 fully saturated rings. The van der Waals surface area contributed by atoms with Crippen LogP contribution in [0.4, 0.5) is 4.79 Å². The standard InChI is InChI=1S/C22H27N3O2/c1-17-8-10-18(11-9-17)14-23-21(27)24-15-20(26)25-16-22(12-5-13-22)19-6-3-2-4-7-19/h2-4,6-11H,5,12-16H2,1H3,(H,25,26)(H2,23,24,27). The fourth-order valence-corrected chi connectivity index (χ4v) is 3.40. The van der Waals surface area contributed by atoms with E-state index in [1.165, 1.54) is 17.5 Å². The van der Waals surface area contributed by atoms with E-state index in [9.17, 15) is 9.59 Å². The summed E-state index contributed by atoms with van der Waals surface area (Å²) in [5, 5.41) is 8.36. The Balaban J connectivity index is 1.39. The van der Waals surface area contributed by atoms with Crippen molar-refractivity contribution in [3.05, 3.63) is 71.3 Å². The van der Waals surface area contributed by atoms with Crippen molar-refractivity contribution in [1.82, 2.24) is 16.0 Å². The van der Waals surface area contributed by atoms with E-state index in [-0.39, 0.29) is 23.9 Å². The molecule has 1 aliphatic carbocycles. The second-order valence-electron chi connectivity index (χ2n) is 7.30. The summed E-state index contributed by atoms with van der Waals surface area (Å²) in [4.78, 5) is 24.0. The molecule has 0 bridgehead atoms. The predicted octanol–water partition coefficient (Wildman–Crippen LogP) is 3.03. The van der Waals surface area contributed by atoms with Crippen molar-refractivity contribution < 1.29 is 9.59 Å². The van der Waals surface area contributed by atoms with Crippen LogP contribution in [-0.2, 0) is 16.8 Å². The quantitative estimate of drug-likeness (QED) is 0.706. The lowest BCUT2D eigenvalue weighted by molar-refractivity contribution is -0.120.